The molecule has 0 bridgehead atoms. The van der Waals surface area contributed by atoms with E-state index in [4.69, 9.17) is 23.1 Å². The molecule has 6 heteroatoms. The van der Waals surface area contributed by atoms with Gasteiger partial charge in [-0.15, -0.1) is 0 Å². The molecule has 106 valence electrons. The van der Waals surface area contributed by atoms with Crippen LogP contribution in [0.2, 0.25) is 5.02 Å². The number of benzene rings is 1. The number of fused-ring (bicyclic) bond motifs is 1. The van der Waals surface area contributed by atoms with Crippen molar-refractivity contribution in [2.75, 3.05) is 16.8 Å². The van der Waals surface area contributed by atoms with E-state index in [9.17, 15) is 0 Å². The van der Waals surface area contributed by atoms with Gasteiger partial charge in [0, 0.05) is 17.3 Å². The second kappa shape index (κ2) is 5.10. The number of aromatic nitrogens is 2. The van der Waals surface area contributed by atoms with Crippen LogP contribution in [0.25, 0.3) is 10.9 Å². The molecule has 21 heavy (non-hydrogen) atoms. The van der Waals surface area contributed by atoms with Crippen molar-refractivity contribution >= 4 is 45.5 Å². The van der Waals surface area contributed by atoms with Crippen LogP contribution in [-0.4, -0.2) is 9.97 Å². The SMILES string of the molecule is Cc1ccnc(Nc2ccc3c(N)ccc(Cl)c3n2)c1N. The lowest BCUT2D eigenvalue weighted by atomic mass is 10.2. The molecule has 0 atom stereocenters. The normalized spacial score (nSPS) is 10.8. The van der Waals surface area contributed by atoms with Gasteiger partial charge in [-0.25, -0.2) is 9.97 Å². The van der Waals surface area contributed by atoms with Crippen LogP contribution in [-0.2, 0) is 0 Å². The summed E-state index contributed by atoms with van der Waals surface area (Å²) in [6.45, 7) is 1.92. The second-order valence-corrected chi connectivity index (χ2v) is 5.15. The number of pyridine rings is 2. The fourth-order valence-corrected chi connectivity index (χ4v) is 2.27. The average molecular weight is 300 g/mol. The minimum atomic E-state index is 0.549. The van der Waals surface area contributed by atoms with Gasteiger partial charge in [0.05, 0.1) is 16.2 Å². The number of anilines is 4. The third kappa shape index (κ3) is 2.43. The van der Waals surface area contributed by atoms with Crippen molar-refractivity contribution in [1.29, 1.82) is 0 Å². The molecule has 2 aromatic heterocycles. The lowest BCUT2D eigenvalue weighted by Gasteiger charge is -2.11. The lowest BCUT2D eigenvalue weighted by molar-refractivity contribution is 1.25. The Morgan fingerprint density at radius 1 is 1.10 bits per heavy atom. The Balaban J connectivity index is 2.06. The van der Waals surface area contributed by atoms with Crippen molar-refractivity contribution in [2.45, 2.75) is 6.92 Å². The van der Waals surface area contributed by atoms with Crippen molar-refractivity contribution in [1.82, 2.24) is 9.97 Å². The van der Waals surface area contributed by atoms with Crippen LogP contribution in [0.5, 0.6) is 0 Å². The number of hydrogen-bond acceptors (Lipinski definition) is 5. The standard InChI is InChI=1S/C15H14ClN5/c1-8-6-7-19-15(13(8)18)21-12-5-2-9-11(17)4-3-10(16)14(9)20-12/h2-7H,17-18H2,1H3,(H,19,20,21). The van der Waals surface area contributed by atoms with E-state index in [1.807, 2.05) is 25.1 Å². The molecule has 3 rings (SSSR count). The van der Waals surface area contributed by atoms with Gasteiger partial charge in [-0.1, -0.05) is 11.6 Å². The molecule has 5 nitrogen and oxygen atoms in total. The topological polar surface area (TPSA) is 89.8 Å². The summed E-state index contributed by atoms with van der Waals surface area (Å²) in [4.78, 5) is 8.70. The highest BCUT2D eigenvalue weighted by molar-refractivity contribution is 6.35. The van der Waals surface area contributed by atoms with Crippen molar-refractivity contribution in [3.05, 3.63) is 47.1 Å². The van der Waals surface area contributed by atoms with Crippen molar-refractivity contribution < 1.29 is 0 Å². The first kappa shape index (κ1) is 13.5. The third-order valence-electron chi connectivity index (χ3n) is 3.30. The molecule has 0 aliphatic rings. The summed E-state index contributed by atoms with van der Waals surface area (Å²) in [5.74, 6) is 1.18. The number of nitrogens with one attached hydrogen (secondary N) is 1. The third-order valence-corrected chi connectivity index (χ3v) is 3.60. The Bertz CT molecular complexity index is 832. The summed E-state index contributed by atoms with van der Waals surface area (Å²) in [5, 5.41) is 4.47. The Kier molecular flexibility index (Phi) is 3.27. The molecule has 0 radical (unpaired) electrons. The van der Waals surface area contributed by atoms with Crippen LogP contribution >= 0.6 is 11.6 Å². The number of halogens is 1. The molecule has 1 aromatic carbocycles. The van der Waals surface area contributed by atoms with E-state index in [-0.39, 0.29) is 0 Å². The summed E-state index contributed by atoms with van der Waals surface area (Å²) >= 11 is 6.17. The summed E-state index contributed by atoms with van der Waals surface area (Å²) in [7, 11) is 0. The molecule has 5 N–H and O–H groups in total. The molecule has 3 aromatic rings. The highest BCUT2D eigenvalue weighted by Gasteiger charge is 2.08. The van der Waals surface area contributed by atoms with Gasteiger partial charge < -0.3 is 16.8 Å². The summed E-state index contributed by atoms with van der Waals surface area (Å²) < 4.78 is 0. The summed E-state index contributed by atoms with van der Waals surface area (Å²) in [6, 6.07) is 9.04. The van der Waals surface area contributed by atoms with E-state index >= 15 is 0 Å². The van der Waals surface area contributed by atoms with Gasteiger partial charge in [-0.05, 0) is 42.8 Å². The maximum Gasteiger partial charge on any atom is 0.154 e. The highest BCUT2D eigenvalue weighted by atomic mass is 35.5. The minimum absolute atomic E-state index is 0.549. The zero-order chi connectivity index (χ0) is 15.0. The van der Waals surface area contributed by atoms with Gasteiger partial charge in [-0.3, -0.25) is 0 Å². The number of nitrogens with two attached hydrogens (primary N) is 2. The van der Waals surface area contributed by atoms with Gasteiger partial charge in [-0.2, -0.15) is 0 Å². The van der Waals surface area contributed by atoms with Crippen LogP contribution in [0.1, 0.15) is 5.56 Å². The van der Waals surface area contributed by atoms with Gasteiger partial charge in [0.2, 0.25) is 0 Å². The van der Waals surface area contributed by atoms with Crippen molar-refractivity contribution in [2.24, 2.45) is 0 Å². The zero-order valence-electron chi connectivity index (χ0n) is 11.4. The molecule has 0 saturated carbocycles. The maximum absolute atomic E-state index is 6.17. The molecular formula is C15H14ClN5. The first-order valence-electron chi connectivity index (χ1n) is 6.39. The molecule has 0 spiro atoms. The van der Waals surface area contributed by atoms with Crippen LogP contribution in [0, 0.1) is 6.92 Å². The van der Waals surface area contributed by atoms with Crippen LogP contribution in [0.3, 0.4) is 0 Å². The van der Waals surface area contributed by atoms with Crippen molar-refractivity contribution in [3.8, 4) is 0 Å². The van der Waals surface area contributed by atoms with Crippen molar-refractivity contribution in [3.63, 3.8) is 0 Å². The first-order chi connectivity index (χ1) is 10.1. The molecule has 2 heterocycles. The Morgan fingerprint density at radius 3 is 2.71 bits per heavy atom. The number of nitrogen functional groups attached to an aromatic ring is 2. The fraction of sp³-hybridized carbons (Fsp3) is 0.0667. The van der Waals surface area contributed by atoms with Gasteiger partial charge in [0.25, 0.3) is 0 Å². The smallest absolute Gasteiger partial charge is 0.154 e. The quantitative estimate of drug-likeness (QED) is 0.630. The molecule has 0 aliphatic heterocycles. The summed E-state index contributed by atoms with van der Waals surface area (Å²) in [6.07, 6.45) is 1.69. The Hall–Kier alpha value is -2.53. The highest BCUT2D eigenvalue weighted by Crippen LogP contribution is 2.29. The predicted molar refractivity (Wildman–Crippen MR) is 87.8 cm³/mol. The van der Waals surface area contributed by atoms with E-state index in [1.165, 1.54) is 0 Å². The maximum atomic E-state index is 6.17. The Labute approximate surface area is 127 Å². The minimum Gasteiger partial charge on any atom is -0.398 e. The van der Waals surface area contributed by atoms with Crippen LogP contribution in [0.4, 0.5) is 23.0 Å². The predicted octanol–water partition coefficient (Wildman–Crippen LogP) is 3.50. The molecule has 0 fully saturated rings. The number of aryl methyl sites for hydroxylation is 1. The van der Waals surface area contributed by atoms with E-state index < -0.39 is 0 Å². The average Bonchev–Trinajstić information content (AvgIpc) is 2.48. The zero-order valence-corrected chi connectivity index (χ0v) is 12.1. The fourth-order valence-electron chi connectivity index (χ4n) is 2.07. The monoisotopic (exact) mass is 299 g/mol. The van der Waals surface area contributed by atoms with E-state index in [0.717, 1.165) is 10.9 Å². The number of nitrogens with zero attached hydrogens (tertiary/aromatic N) is 2. The Morgan fingerprint density at radius 2 is 1.90 bits per heavy atom. The van der Waals surface area contributed by atoms with Gasteiger partial charge in [0.15, 0.2) is 5.82 Å². The summed E-state index contributed by atoms with van der Waals surface area (Å²) in [5.41, 5.74) is 14.8. The van der Waals surface area contributed by atoms with Crippen LogP contribution < -0.4 is 16.8 Å². The van der Waals surface area contributed by atoms with E-state index in [0.29, 0.717) is 33.5 Å². The molecule has 0 aliphatic carbocycles. The molecule has 0 amide bonds. The van der Waals surface area contributed by atoms with Crippen LogP contribution in [0.15, 0.2) is 36.5 Å². The largest absolute Gasteiger partial charge is 0.398 e. The number of hydrogen-bond donors (Lipinski definition) is 3. The second-order valence-electron chi connectivity index (χ2n) is 4.74. The van der Waals surface area contributed by atoms with Gasteiger partial charge >= 0.3 is 0 Å². The van der Waals surface area contributed by atoms with E-state index in [2.05, 4.69) is 15.3 Å². The number of rotatable bonds is 2. The molecular weight excluding hydrogens is 286 g/mol. The van der Waals surface area contributed by atoms with E-state index in [1.54, 1.807) is 18.3 Å². The lowest BCUT2D eigenvalue weighted by Crippen LogP contribution is -2.02. The van der Waals surface area contributed by atoms with Gasteiger partial charge in [0.1, 0.15) is 5.82 Å². The molecule has 0 unspecified atom stereocenters. The first-order valence-corrected chi connectivity index (χ1v) is 6.77. The molecule has 0 saturated heterocycles.